The van der Waals surface area contributed by atoms with Gasteiger partial charge in [0, 0.05) is 0 Å². The second-order valence-corrected chi connectivity index (χ2v) is 9.67. The van der Waals surface area contributed by atoms with Crippen molar-refractivity contribution >= 4 is 39.3 Å². The highest BCUT2D eigenvalue weighted by Gasteiger charge is 2.33. The van der Waals surface area contributed by atoms with E-state index in [9.17, 15) is 9.59 Å². The molecule has 0 aliphatic carbocycles. The molecule has 0 saturated carbocycles. The number of aromatic nitrogens is 1. The summed E-state index contributed by atoms with van der Waals surface area (Å²) in [7, 11) is 1.58. The van der Waals surface area contributed by atoms with Crippen LogP contribution in [0.1, 0.15) is 31.0 Å². The normalized spacial score (nSPS) is 16.7. The van der Waals surface area contributed by atoms with Crippen LogP contribution in [0.15, 0.2) is 61.9 Å². The van der Waals surface area contributed by atoms with Gasteiger partial charge < -0.3 is 18.9 Å². The number of allylic oxidation sites excluding steroid dienone is 1. The Bertz CT molecular complexity index is 1550. The van der Waals surface area contributed by atoms with Crippen molar-refractivity contribution < 1.29 is 23.7 Å². The van der Waals surface area contributed by atoms with Gasteiger partial charge in [0.2, 0.25) is 6.79 Å². The third kappa shape index (κ3) is 4.17. The van der Waals surface area contributed by atoms with Crippen molar-refractivity contribution in [2.24, 2.45) is 4.99 Å². The van der Waals surface area contributed by atoms with E-state index in [1.807, 2.05) is 30.3 Å². The molecule has 2 aliphatic rings. The van der Waals surface area contributed by atoms with Crippen LogP contribution in [0.5, 0.6) is 17.2 Å². The summed E-state index contributed by atoms with van der Waals surface area (Å²) in [5, 5.41) is 0. The number of carbonyl (C=O) groups is 1. The summed E-state index contributed by atoms with van der Waals surface area (Å²) >= 11 is 4.78. The number of carbonyl (C=O) groups excluding carboxylic acids is 1. The van der Waals surface area contributed by atoms with Gasteiger partial charge in [-0.15, -0.1) is 0 Å². The van der Waals surface area contributed by atoms with Crippen LogP contribution < -0.4 is 29.1 Å². The molecule has 8 nitrogen and oxygen atoms in total. The molecule has 1 aromatic heterocycles. The zero-order valence-electron chi connectivity index (χ0n) is 19.2. The molecule has 0 radical (unpaired) electrons. The van der Waals surface area contributed by atoms with Crippen LogP contribution in [0, 0.1) is 0 Å². The third-order valence-electron chi connectivity index (χ3n) is 5.70. The van der Waals surface area contributed by atoms with Gasteiger partial charge in [-0.25, -0.2) is 9.79 Å². The number of halogens is 1. The topological polar surface area (TPSA) is 88.4 Å². The number of rotatable bonds is 5. The fraction of sp³-hybridized carbons (Fsp3) is 0.240. The monoisotopic (exact) mass is 556 g/mol. The van der Waals surface area contributed by atoms with E-state index in [-0.39, 0.29) is 19.0 Å². The Morgan fingerprint density at radius 1 is 1.26 bits per heavy atom. The van der Waals surface area contributed by atoms with Gasteiger partial charge in [0.05, 0.1) is 40.0 Å². The molecule has 0 fully saturated rings. The van der Waals surface area contributed by atoms with Crippen LogP contribution >= 0.6 is 27.3 Å². The fourth-order valence-electron chi connectivity index (χ4n) is 4.11. The van der Waals surface area contributed by atoms with E-state index in [0.717, 1.165) is 11.1 Å². The lowest BCUT2D eigenvalue weighted by molar-refractivity contribution is -0.139. The largest absolute Gasteiger partial charge is 0.496 e. The van der Waals surface area contributed by atoms with Crippen LogP contribution in [0.3, 0.4) is 0 Å². The molecule has 0 unspecified atom stereocenters. The van der Waals surface area contributed by atoms with E-state index in [4.69, 9.17) is 18.9 Å². The highest BCUT2D eigenvalue weighted by Crippen LogP contribution is 2.35. The Kier molecular flexibility index (Phi) is 6.24. The van der Waals surface area contributed by atoms with E-state index in [2.05, 4.69) is 20.9 Å². The highest BCUT2D eigenvalue weighted by atomic mass is 79.9. The molecule has 2 aromatic carbocycles. The summed E-state index contributed by atoms with van der Waals surface area (Å²) < 4.78 is 24.3. The van der Waals surface area contributed by atoms with Gasteiger partial charge in [-0.1, -0.05) is 23.5 Å². The van der Waals surface area contributed by atoms with E-state index < -0.39 is 12.0 Å². The zero-order valence-corrected chi connectivity index (χ0v) is 21.6. The number of fused-ring (bicyclic) bond motifs is 2. The Balaban J connectivity index is 1.70. The molecular weight excluding hydrogens is 536 g/mol. The second-order valence-electron chi connectivity index (χ2n) is 7.81. The summed E-state index contributed by atoms with van der Waals surface area (Å²) in [5.41, 5.74) is 2.11. The van der Waals surface area contributed by atoms with Gasteiger partial charge in [-0.05, 0) is 71.2 Å². The van der Waals surface area contributed by atoms with Crippen LogP contribution in [0.2, 0.25) is 0 Å². The van der Waals surface area contributed by atoms with Gasteiger partial charge in [-0.2, -0.15) is 0 Å². The van der Waals surface area contributed by atoms with Crippen molar-refractivity contribution in [1.82, 2.24) is 4.57 Å². The lowest BCUT2D eigenvalue weighted by Crippen LogP contribution is -2.39. The molecule has 0 amide bonds. The Morgan fingerprint density at radius 3 is 2.80 bits per heavy atom. The molecule has 180 valence electrons. The Morgan fingerprint density at radius 2 is 2.06 bits per heavy atom. The van der Waals surface area contributed by atoms with Crippen molar-refractivity contribution in [2.45, 2.75) is 19.9 Å². The number of nitrogens with zero attached hydrogens (tertiary/aromatic N) is 2. The fourth-order valence-corrected chi connectivity index (χ4v) is 5.72. The zero-order chi connectivity index (χ0) is 24.7. The van der Waals surface area contributed by atoms with E-state index >= 15 is 0 Å². The maximum atomic E-state index is 13.7. The van der Waals surface area contributed by atoms with E-state index in [0.29, 0.717) is 42.3 Å². The molecule has 3 aromatic rings. The number of ether oxygens (including phenoxy) is 4. The third-order valence-corrected chi connectivity index (χ3v) is 7.31. The standard InChI is InChI=1S/C25H21BrN2O6S/c1-4-32-24(30)21-13(2)27-25-28(22(21)15-6-8-17(31-3)16(26)11-15)23(29)20(35-25)10-14-5-7-18-19(9-14)34-12-33-18/h5-11,22H,4,12H2,1-3H3/b20-10-/t22-/m1/s1. The summed E-state index contributed by atoms with van der Waals surface area (Å²) in [5.74, 6) is 1.44. The first-order chi connectivity index (χ1) is 16.9. The average molecular weight is 557 g/mol. The number of hydrogen-bond acceptors (Lipinski definition) is 8. The quantitative estimate of drug-likeness (QED) is 0.448. The van der Waals surface area contributed by atoms with E-state index in [1.54, 1.807) is 37.7 Å². The lowest BCUT2D eigenvalue weighted by Gasteiger charge is -2.25. The Hall–Kier alpha value is -3.37. The van der Waals surface area contributed by atoms with Crippen molar-refractivity contribution in [3.05, 3.63) is 83.0 Å². The first-order valence-electron chi connectivity index (χ1n) is 10.8. The van der Waals surface area contributed by atoms with Crippen molar-refractivity contribution in [1.29, 1.82) is 0 Å². The predicted octanol–water partition coefficient (Wildman–Crippen LogP) is 3.30. The van der Waals surface area contributed by atoms with Gasteiger partial charge in [-0.3, -0.25) is 9.36 Å². The molecule has 35 heavy (non-hydrogen) atoms. The minimum atomic E-state index is -0.702. The van der Waals surface area contributed by atoms with Crippen molar-refractivity contribution in [2.75, 3.05) is 20.5 Å². The second kappa shape index (κ2) is 9.35. The molecule has 0 N–H and O–H groups in total. The summed E-state index contributed by atoms with van der Waals surface area (Å²) in [6.07, 6.45) is 1.79. The van der Waals surface area contributed by atoms with Gasteiger partial charge >= 0.3 is 5.97 Å². The summed E-state index contributed by atoms with van der Waals surface area (Å²) in [4.78, 5) is 31.8. The van der Waals surface area contributed by atoms with Crippen LogP contribution in [0.25, 0.3) is 6.08 Å². The van der Waals surface area contributed by atoms with Gasteiger partial charge in [0.1, 0.15) is 5.75 Å². The lowest BCUT2D eigenvalue weighted by atomic mass is 9.96. The smallest absolute Gasteiger partial charge is 0.338 e. The highest BCUT2D eigenvalue weighted by molar-refractivity contribution is 9.10. The predicted molar refractivity (Wildman–Crippen MR) is 134 cm³/mol. The first-order valence-corrected chi connectivity index (χ1v) is 12.4. The molecule has 0 saturated heterocycles. The van der Waals surface area contributed by atoms with Crippen LogP contribution in [-0.2, 0) is 9.53 Å². The number of esters is 1. The average Bonchev–Trinajstić information content (AvgIpc) is 3.42. The van der Waals surface area contributed by atoms with Gasteiger partial charge in [0.15, 0.2) is 16.3 Å². The maximum absolute atomic E-state index is 13.7. The summed E-state index contributed by atoms with van der Waals surface area (Å²) in [6.45, 7) is 3.89. The van der Waals surface area contributed by atoms with Gasteiger partial charge in [0.25, 0.3) is 5.56 Å². The molecule has 1 atom stereocenters. The SMILES string of the molecule is CCOC(=O)C1=C(C)N=c2s/c(=C\c3ccc4c(c3)OCO4)c(=O)n2[C@@H]1c1ccc(OC)c(Br)c1. The van der Waals surface area contributed by atoms with Crippen LogP contribution in [0.4, 0.5) is 0 Å². The van der Waals surface area contributed by atoms with E-state index in [1.165, 1.54) is 11.3 Å². The number of thiazole rings is 1. The molecule has 5 rings (SSSR count). The maximum Gasteiger partial charge on any atom is 0.338 e. The minimum Gasteiger partial charge on any atom is -0.496 e. The van der Waals surface area contributed by atoms with Crippen LogP contribution in [-0.4, -0.2) is 31.0 Å². The number of methoxy groups -OCH3 is 1. The minimum absolute atomic E-state index is 0.175. The van der Waals surface area contributed by atoms with Crippen molar-refractivity contribution in [3.8, 4) is 17.2 Å². The number of hydrogen-bond donors (Lipinski definition) is 0. The van der Waals surface area contributed by atoms with Crippen molar-refractivity contribution in [3.63, 3.8) is 0 Å². The molecular formula is C25H21BrN2O6S. The summed E-state index contributed by atoms with van der Waals surface area (Å²) in [6, 6.07) is 10.3. The number of benzene rings is 2. The molecule has 10 heteroatoms. The first kappa shape index (κ1) is 23.4. The molecule has 0 bridgehead atoms. The molecule has 3 heterocycles. The Labute approximate surface area is 212 Å². The molecule has 0 spiro atoms. The molecule has 2 aliphatic heterocycles.